The molecule has 2 aromatic carbocycles. The van der Waals surface area contributed by atoms with Gasteiger partial charge in [-0.05, 0) is 73.9 Å². The van der Waals surface area contributed by atoms with Crippen molar-refractivity contribution in [1.82, 2.24) is 0 Å². The highest BCUT2D eigenvalue weighted by molar-refractivity contribution is 6.14. The molecule has 0 radical (unpaired) electrons. The second-order valence-corrected chi connectivity index (χ2v) is 17.5. The van der Waals surface area contributed by atoms with Gasteiger partial charge in [-0.1, -0.05) is 231 Å². The van der Waals surface area contributed by atoms with E-state index in [4.69, 9.17) is 0 Å². The molecule has 2 heteroatoms. The Bertz CT molecular complexity index is 1330. The van der Waals surface area contributed by atoms with Gasteiger partial charge in [0, 0.05) is 22.8 Å². The molecular weight excluding hydrogens is 677 g/mol. The zero-order valence-electron chi connectivity index (χ0n) is 37.3. The summed E-state index contributed by atoms with van der Waals surface area (Å²) >= 11 is 0. The summed E-state index contributed by atoms with van der Waals surface area (Å²) in [6.07, 6.45) is 51.7. The molecule has 56 heavy (non-hydrogen) atoms. The summed E-state index contributed by atoms with van der Waals surface area (Å²) in [5, 5.41) is 0. The Morgan fingerprint density at radius 2 is 0.714 bits per heavy atom. The van der Waals surface area contributed by atoms with E-state index in [1.807, 2.05) is 0 Å². The van der Waals surface area contributed by atoms with Crippen LogP contribution in [0.25, 0.3) is 11.5 Å². The zero-order valence-corrected chi connectivity index (χ0v) is 37.3. The molecular formula is C54H88N2. The van der Waals surface area contributed by atoms with Crippen molar-refractivity contribution in [2.24, 2.45) is 0 Å². The molecule has 1 aliphatic heterocycles. The van der Waals surface area contributed by atoms with Crippen LogP contribution >= 0.6 is 0 Å². The molecule has 0 unspecified atom stereocenters. The van der Waals surface area contributed by atoms with Crippen LogP contribution in [0.5, 0.6) is 0 Å². The lowest BCUT2D eigenvalue weighted by Crippen LogP contribution is -2.11. The summed E-state index contributed by atoms with van der Waals surface area (Å²) in [4.78, 5) is 0. The third-order valence-corrected chi connectivity index (χ3v) is 12.3. The molecule has 0 amide bonds. The lowest BCUT2D eigenvalue weighted by molar-refractivity contribution is -0.347. The van der Waals surface area contributed by atoms with Crippen LogP contribution < -0.4 is 0 Å². The van der Waals surface area contributed by atoms with Gasteiger partial charge in [-0.3, -0.25) is 0 Å². The summed E-state index contributed by atoms with van der Waals surface area (Å²) < 4.78 is 1.69. The Morgan fingerprint density at radius 1 is 0.393 bits per heavy atom. The number of allylic oxidation sites excluding steroid dienone is 3. The minimum Gasteiger partial charge on any atom is -0.448 e. The van der Waals surface area contributed by atoms with Crippen molar-refractivity contribution in [3.63, 3.8) is 0 Å². The summed E-state index contributed by atoms with van der Waals surface area (Å²) in [7, 11) is 0. The molecule has 2 nitrogen and oxygen atoms in total. The van der Waals surface area contributed by atoms with Gasteiger partial charge in [-0.15, -0.1) is 0 Å². The molecule has 1 aliphatic rings. The molecule has 0 fully saturated rings. The summed E-state index contributed by atoms with van der Waals surface area (Å²) in [6, 6.07) is 18.0. The van der Waals surface area contributed by atoms with Crippen molar-refractivity contribution in [1.29, 1.82) is 0 Å². The van der Waals surface area contributed by atoms with Crippen molar-refractivity contribution in [2.75, 3.05) is 0 Å². The highest BCUT2D eigenvalue weighted by Gasteiger charge is 2.28. The maximum Gasteiger partial charge on any atom is 0.215 e. The van der Waals surface area contributed by atoms with E-state index in [0.29, 0.717) is 0 Å². The third kappa shape index (κ3) is 20.7. The van der Waals surface area contributed by atoms with Crippen LogP contribution in [0, 0.1) is 0 Å². The minimum atomic E-state index is 0.989. The predicted molar refractivity (Wildman–Crippen MR) is 250 cm³/mol. The number of nitrogens with zero attached hydrogens (tertiary/aromatic N) is 1. The first-order chi connectivity index (χ1) is 27.7. The number of nitrogens with one attached hydrogen (secondary N) is 1. The van der Waals surface area contributed by atoms with Crippen LogP contribution in [-0.2, 0) is 12.8 Å². The smallest absolute Gasteiger partial charge is 0.215 e. The van der Waals surface area contributed by atoms with E-state index in [1.165, 1.54) is 216 Å². The normalized spacial score (nSPS) is 13.7. The fourth-order valence-electron chi connectivity index (χ4n) is 8.52. The quantitative estimate of drug-likeness (QED) is 0.0488. The average molecular weight is 765 g/mol. The fraction of sp³-hybridized carbons (Fsp3) is 0.685. The van der Waals surface area contributed by atoms with Gasteiger partial charge >= 0.3 is 0 Å². The number of hydrogen-bond acceptors (Lipinski definition) is 0. The van der Waals surface area contributed by atoms with E-state index in [9.17, 15) is 5.84 Å². The molecule has 0 aliphatic carbocycles. The number of hydrogen-bond donors (Lipinski definition) is 0. The Balaban J connectivity index is 1.22. The molecule has 0 atom stereocenters. The fourth-order valence-corrected chi connectivity index (χ4v) is 8.52. The zero-order chi connectivity index (χ0) is 39.7. The second kappa shape index (κ2) is 32.4. The van der Waals surface area contributed by atoms with Crippen LogP contribution in [-0.4, -0.2) is 10.4 Å². The average Bonchev–Trinajstić information content (AvgIpc) is 3.55. The molecule has 1 N–H and O–H groups in total. The highest BCUT2D eigenvalue weighted by atomic mass is 15.3. The van der Waals surface area contributed by atoms with Crippen LogP contribution in [0.4, 0.5) is 0 Å². The van der Waals surface area contributed by atoms with Crippen molar-refractivity contribution >= 4 is 11.4 Å². The molecule has 3 rings (SSSR count). The SMILES string of the molecule is CCCCCCCCCCCCCCCCCCCCCCCCCCCCCC=C1C=C(c2ccc(CCCC)cc2)[N+]([NH-])=C1c1ccc(CCCC)cc1. The van der Waals surface area contributed by atoms with Crippen molar-refractivity contribution in [3.05, 3.63) is 94.4 Å². The minimum absolute atomic E-state index is 0.989. The molecule has 0 bridgehead atoms. The Morgan fingerprint density at radius 3 is 1.07 bits per heavy atom. The van der Waals surface area contributed by atoms with Crippen molar-refractivity contribution in [3.8, 4) is 0 Å². The highest BCUT2D eigenvalue weighted by Crippen LogP contribution is 2.30. The second-order valence-electron chi connectivity index (χ2n) is 17.5. The Labute approximate surface area is 348 Å². The van der Waals surface area contributed by atoms with Gasteiger partial charge in [0.1, 0.15) is 0 Å². The van der Waals surface area contributed by atoms with E-state index >= 15 is 0 Å². The van der Waals surface area contributed by atoms with Crippen LogP contribution in [0.15, 0.2) is 66.3 Å². The van der Waals surface area contributed by atoms with Gasteiger partial charge in [-0.25, -0.2) is 4.68 Å². The lowest BCUT2D eigenvalue weighted by Gasteiger charge is -2.09. The first-order valence-electron chi connectivity index (χ1n) is 24.7. The van der Waals surface area contributed by atoms with Crippen LogP contribution in [0.1, 0.15) is 248 Å². The maximum atomic E-state index is 9.22. The topological polar surface area (TPSA) is 26.8 Å². The molecule has 1 heterocycles. The van der Waals surface area contributed by atoms with E-state index in [1.54, 1.807) is 4.68 Å². The van der Waals surface area contributed by atoms with E-state index in [2.05, 4.69) is 81.5 Å². The van der Waals surface area contributed by atoms with Crippen molar-refractivity contribution in [2.45, 2.75) is 239 Å². The summed E-state index contributed by atoms with van der Waals surface area (Å²) in [5.74, 6) is 9.22. The van der Waals surface area contributed by atoms with Crippen molar-refractivity contribution < 1.29 is 4.68 Å². The maximum absolute atomic E-state index is 9.22. The number of aryl methyl sites for hydroxylation is 2. The molecule has 0 aromatic heterocycles. The molecule has 0 spiro atoms. The lowest BCUT2D eigenvalue weighted by atomic mass is 9.98. The van der Waals surface area contributed by atoms with E-state index < -0.39 is 0 Å². The van der Waals surface area contributed by atoms with Gasteiger partial charge in [0.25, 0.3) is 0 Å². The monoisotopic (exact) mass is 765 g/mol. The number of unbranched alkanes of at least 4 members (excludes halogenated alkanes) is 29. The van der Waals surface area contributed by atoms with Crippen LogP contribution in [0.2, 0.25) is 0 Å². The van der Waals surface area contributed by atoms with Gasteiger partial charge in [0.05, 0.1) is 0 Å². The van der Waals surface area contributed by atoms with Gasteiger partial charge < -0.3 is 5.84 Å². The van der Waals surface area contributed by atoms with Gasteiger partial charge in [-0.2, -0.15) is 0 Å². The summed E-state index contributed by atoms with van der Waals surface area (Å²) in [6.45, 7) is 6.81. The summed E-state index contributed by atoms with van der Waals surface area (Å²) in [5.41, 5.74) is 8.30. The Hall–Kier alpha value is -2.61. The number of benzene rings is 2. The predicted octanol–water partition coefficient (Wildman–Crippen LogP) is 18.1. The number of rotatable bonds is 36. The first kappa shape index (κ1) is 47.8. The van der Waals surface area contributed by atoms with Crippen LogP contribution in [0.3, 0.4) is 0 Å². The Kier molecular flexibility index (Phi) is 27.6. The van der Waals surface area contributed by atoms with Gasteiger partial charge in [0.2, 0.25) is 11.4 Å². The first-order valence-corrected chi connectivity index (χ1v) is 24.7. The molecule has 2 aromatic rings. The third-order valence-electron chi connectivity index (χ3n) is 12.3. The molecule has 314 valence electrons. The van der Waals surface area contributed by atoms with E-state index in [-0.39, 0.29) is 0 Å². The molecule has 0 saturated heterocycles. The van der Waals surface area contributed by atoms with E-state index in [0.717, 1.165) is 41.8 Å². The molecule has 0 saturated carbocycles. The largest absolute Gasteiger partial charge is 0.448 e. The van der Waals surface area contributed by atoms with Gasteiger partial charge in [0.15, 0.2) is 0 Å². The standard InChI is InChI=1S/C54H88N2/c1-4-7-10-11-12-13-14-15-16-17-18-19-20-21-22-23-24-25-26-27-28-29-30-31-32-33-34-35-38-52-47-53(50-43-39-48(40-44-50)36-8-5-2)56(55)54(52)51-45-41-49(42-46-51)37-9-6-3/h38-47,55H,4-37H2,1-3H3.